The van der Waals surface area contributed by atoms with Crippen LogP contribution in [0.5, 0.6) is 5.75 Å². The molecule has 0 radical (unpaired) electrons. The summed E-state index contributed by atoms with van der Waals surface area (Å²) in [5, 5.41) is 9.03. The number of esters is 1. The lowest BCUT2D eigenvalue weighted by Gasteiger charge is -2.19. The maximum Gasteiger partial charge on any atom is 0.344 e. The van der Waals surface area contributed by atoms with Gasteiger partial charge in [0.1, 0.15) is 11.7 Å². The van der Waals surface area contributed by atoms with Crippen molar-refractivity contribution in [2.24, 2.45) is 11.8 Å². The first-order valence-electron chi connectivity index (χ1n) is 9.40. The number of benzene rings is 1. The molecule has 29 heavy (non-hydrogen) atoms. The average Bonchev–Trinajstić information content (AvgIpc) is 3.10. The van der Waals surface area contributed by atoms with Gasteiger partial charge in [-0.3, -0.25) is 9.59 Å². The normalized spacial score (nSPS) is 20.1. The van der Waals surface area contributed by atoms with E-state index in [1.54, 1.807) is 55.2 Å². The van der Waals surface area contributed by atoms with Gasteiger partial charge in [0, 0.05) is 18.3 Å². The fourth-order valence-electron chi connectivity index (χ4n) is 3.29. The summed E-state index contributed by atoms with van der Waals surface area (Å²) in [6.45, 7) is 3.87. The minimum atomic E-state index is -0.710. The van der Waals surface area contributed by atoms with E-state index in [4.69, 9.17) is 14.7 Å². The van der Waals surface area contributed by atoms with Crippen LogP contribution in [0.2, 0.25) is 0 Å². The van der Waals surface area contributed by atoms with Crippen molar-refractivity contribution in [2.75, 3.05) is 19.7 Å². The van der Waals surface area contributed by atoms with Crippen LogP contribution in [0, 0.1) is 23.2 Å². The molecular formula is C22H22N2O5. The molecular weight excluding hydrogens is 372 g/mol. The van der Waals surface area contributed by atoms with E-state index in [2.05, 4.69) is 0 Å². The van der Waals surface area contributed by atoms with Crippen LogP contribution in [0.3, 0.4) is 0 Å². The Balaban J connectivity index is 1.54. The monoisotopic (exact) mass is 394 g/mol. The van der Waals surface area contributed by atoms with Crippen molar-refractivity contribution in [2.45, 2.75) is 20.0 Å². The molecule has 2 aliphatic rings. The lowest BCUT2D eigenvalue weighted by Crippen LogP contribution is -2.31. The van der Waals surface area contributed by atoms with Crippen molar-refractivity contribution < 1.29 is 23.9 Å². The van der Waals surface area contributed by atoms with Gasteiger partial charge >= 0.3 is 5.97 Å². The smallest absolute Gasteiger partial charge is 0.344 e. The molecule has 1 aromatic rings. The summed E-state index contributed by atoms with van der Waals surface area (Å²) in [6, 6.07) is 8.52. The molecule has 0 amide bonds. The van der Waals surface area contributed by atoms with Gasteiger partial charge in [-0.2, -0.15) is 5.26 Å². The fourth-order valence-corrected chi connectivity index (χ4v) is 3.29. The molecule has 7 heteroatoms. The SMILES string of the molecule is CC(C)OC(=O)COc1ccc(C(=O)CN2C=C3C=CC(C#N)C(=O)C3C2)cc1. The number of Topliss-reactive ketones (excluding diaryl/α,β-unsaturated/α-hetero) is 2. The van der Waals surface area contributed by atoms with Crippen LogP contribution in [-0.4, -0.2) is 48.2 Å². The van der Waals surface area contributed by atoms with Crippen LogP contribution in [0.4, 0.5) is 0 Å². The maximum atomic E-state index is 12.6. The zero-order valence-electron chi connectivity index (χ0n) is 16.3. The summed E-state index contributed by atoms with van der Waals surface area (Å²) >= 11 is 0. The lowest BCUT2D eigenvalue weighted by atomic mass is 9.84. The number of carbonyl (C=O) groups is 3. The molecule has 2 unspecified atom stereocenters. The van der Waals surface area contributed by atoms with Crippen molar-refractivity contribution >= 4 is 17.5 Å². The molecule has 0 saturated heterocycles. The van der Waals surface area contributed by atoms with Crippen molar-refractivity contribution in [1.82, 2.24) is 4.90 Å². The first kappa shape index (κ1) is 20.3. The molecule has 1 aliphatic carbocycles. The van der Waals surface area contributed by atoms with Gasteiger partial charge in [0.15, 0.2) is 18.2 Å². The number of allylic oxidation sites excluding steroid dienone is 2. The quantitative estimate of drug-likeness (QED) is 0.517. The van der Waals surface area contributed by atoms with E-state index in [1.165, 1.54) is 0 Å². The van der Waals surface area contributed by atoms with Crippen LogP contribution in [0.1, 0.15) is 24.2 Å². The van der Waals surface area contributed by atoms with Gasteiger partial charge in [0.05, 0.1) is 24.6 Å². The van der Waals surface area contributed by atoms with Crippen molar-refractivity contribution in [1.29, 1.82) is 5.26 Å². The molecule has 0 fully saturated rings. The van der Waals surface area contributed by atoms with Crippen molar-refractivity contribution in [3.63, 3.8) is 0 Å². The Bertz CT molecular complexity index is 908. The second kappa shape index (κ2) is 8.74. The summed E-state index contributed by atoms with van der Waals surface area (Å²) in [5.41, 5.74) is 1.35. The van der Waals surface area contributed by atoms with Crippen molar-refractivity contribution in [3.8, 4) is 11.8 Å². The number of ketones is 2. The zero-order valence-corrected chi connectivity index (χ0v) is 16.3. The molecule has 3 rings (SSSR count). The largest absolute Gasteiger partial charge is 0.482 e. The van der Waals surface area contributed by atoms with Crippen LogP contribution in [-0.2, 0) is 14.3 Å². The number of carbonyl (C=O) groups excluding carboxylic acids is 3. The molecule has 1 aliphatic heterocycles. The Morgan fingerprint density at radius 2 is 2.00 bits per heavy atom. The van der Waals surface area contributed by atoms with Crippen LogP contribution < -0.4 is 4.74 Å². The van der Waals surface area contributed by atoms with E-state index in [-0.39, 0.29) is 36.7 Å². The number of nitrogens with zero attached hydrogens (tertiary/aromatic N) is 2. The Labute approximate surface area is 169 Å². The highest BCUT2D eigenvalue weighted by atomic mass is 16.6. The second-order valence-electron chi connectivity index (χ2n) is 7.25. The third-order valence-electron chi connectivity index (χ3n) is 4.67. The summed E-state index contributed by atoms with van der Waals surface area (Å²) in [7, 11) is 0. The standard InChI is InChI=1S/C22H22N2O5/c1-14(2)29-21(26)13-28-18-7-5-15(6-8-18)20(25)12-24-10-17-4-3-16(9-23)22(27)19(17)11-24/h3-8,10,14,16,19H,11-13H2,1-2H3. The molecule has 1 heterocycles. The van der Waals surface area contributed by atoms with E-state index in [9.17, 15) is 14.4 Å². The third-order valence-corrected chi connectivity index (χ3v) is 4.67. The minimum absolute atomic E-state index is 0.0977. The minimum Gasteiger partial charge on any atom is -0.482 e. The number of ether oxygens (including phenoxy) is 2. The summed E-state index contributed by atoms with van der Waals surface area (Å²) in [6.07, 6.45) is 5.00. The Morgan fingerprint density at radius 3 is 2.66 bits per heavy atom. The summed E-state index contributed by atoms with van der Waals surface area (Å²) in [5.74, 6) is -1.26. The number of hydrogen-bond acceptors (Lipinski definition) is 7. The van der Waals surface area contributed by atoms with E-state index in [0.717, 1.165) is 5.57 Å². The number of hydrogen-bond donors (Lipinski definition) is 0. The van der Waals surface area contributed by atoms with Gasteiger partial charge < -0.3 is 14.4 Å². The predicted octanol–water partition coefficient (Wildman–Crippen LogP) is 2.29. The number of nitriles is 1. The van der Waals surface area contributed by atoms with Gasteiger partial charge in [0.2, 0.25) is 0 Å². The van der Waals surface area contributed by atoms with E-state index < -0.39 is 11.9 Å². The van der Waals surface area contributed by atoms with Crippen LogP contribution in [0.15, 0.2) is 48.2 Å². The summed E-state index contributed by atoms with van der Waals surface area (Å²) in [4.78, 5) is 38.1. The number of rotatable bonds is 7. The van der Waals surface area contributed by atoms with Crippen LogP contribution >= 0.6 is 0 Å². The molecule has 0 bridgehead atoms. The highest BCUT2D eigenvalue weighted by Crippen LogP contribution is 2.30. The van der Waals surface area contributed by atoms with E-state index in [0.29, 0.717) is 17.9 Å². The Morgan fingerprint density at radius 1 is 1.28 bits per heavy atom. The van der Waals surface area contributed by atoms with Crippen molar-refractivity contribution in [3.05, 3.63) is 53.8 Å². The average molecular weight is 394 g/mol. The zero-order chi connectivity index (χ0) is 21.0. The fraction of sp³-hybridized carbons (Fsp3) is 0.364. The third kappa shape index (κ3) is 4.91. The molecule has 150 valence electrons. The molecule has 0 spiro atoms. The topological polar surface area (TPSA) is 96.7 Å². The van der Waals surface area contributed by atoms with Gasteiger partial charge in [-0.25, -0.2) is 4.79 Å². The van der Waals surface area contributed by atoms with E-state index >= 15 is 0 Å². The van der Waals surface area contributed by atoms with Gasteiger partial charge in [0.25, 0.3) is 0 Å². The Kier molecular flexibility index (Phi) is 6.13. The highest BCUT2D eigenvalue weighted by Gasteiger charge is 2.36. The highest BCUT2D eigenvalue weighted by molar-refractivity contribution is 5.98. The summed E-state index contributed by atoms with van der Waals surface area (Å²) < 4.78 is 10.4. The lowest BCUT2D eigenvalue weighted by molar-refractivity contribution is -0.149. The molecule has 2 atom stereocenters. The molecule has 7 nitrogen and oxygen atoms in total. The first-order valence-corrected chi connectivity index (χ1v) is 9.40. The number of fused-ring (bicyclic) bond motifs is 1. The molecule has 1 aromatic carbocycles. The van der Waals surface area contributed by atoms with Gasteiger partial charge in [-0.15, -0.1) is 0 Å². The maximum absolute atomic E-state index is 12.6. The first-order chi connectivity index (χ1) is 13.9. The molecule has 0 saturated carbocycles. The Hall–Kier alpha value is -3.40. The predicted molar refractivity (Wildman–Crippen MR) is 104 cm³/mol. The second-order valence-corrected chi connectivity index (χ2v) is 7.25. The van der Waals surface area contributed by atoms with E-state index in [1.807, 2.05) is 12.3 Å². The molecule has 0 N–H and O–H groups in total. The molecule has 0 aromatic heterocycles. The van der Waals surface area contributed by atoms with Gasteiger partial charge in [-0.05, 0) is 43.7 Å². The van der Waals surface area contributed by atoms with Gasteiger partial charge in [-0.1, -0.05) is 12.2 Å². The van der Waals surface area contributed by atoms with Crippen LogP contribution in [0.25, 0.3) is 0 Å².